The fourth-order valence-corrected chi connectivity index (χ4v) is 4.25. The molecule has 2 rings (SSSR count). The number of quaternary nitrogens is 1. The summed E-state index contributed by atoms with van der Waals surface area (Å²) in [5, 5.41) is 0. The van der Waals surface area contributed by atoms with Gasteiger partial charge < -0.3 is 0 Å². The summed E-state index contributed by atoms with van der Waals surface area (Å²) >= 11 is 11.3. The Morgan fingerprint density at radius 1 is 1.09 bits per heavy atom. The summed E-state index contributed by atoms with van der Waals surface area (Å²) in [6.45, 7) is 2.24. The number of alkyl halides is 3. The highest BCUT2D eigenvalue weighted by Gasteiger charge is 2.59. The molecule has 0 unspecified atom stereocenters. The molecule has 0 fully saturated rings. The molecule has 0 aromatic heterocycles. The number of imide groups is 1. The lowest BCUT2D eigenvalue weighted by Crippen LogP contribution is -2.49. The van der Waals surface area contributed by atoms with Crippen molar-refractivity contribution in [1.82, 2.24) is 0 Å². The van der Waals surface area contributed by atoms with Gasteiger partial charge in [0.1, 0.15) is 6.54 Å². The Morgan fingerprint density at radius 2 is 1.64 bits per heavy atom. The van der Waals surface area contributed by atoms with Gasteiger partial charge in [-0.1, -0.05) is 31.9 Å². The Hall–Kier alpha value is -0.620. The van der Waals surface area contributed by atoms with Gasteiger partial charge in [0.2, 0.25) is 0 Å². The summed E-state index contributed by atoms with van der Waals surface area (Å²) in [5.41, 5.74) is 0.598. The molecular formula is C15H17Cl2FNO2S+. The molecule has 0 bridgehead atoms. The molecule has 2 amide bonds. The SMILES string of the molecule is CCCCCC[N+]1(SC(F)(Cl)Cl)C(=O)c2ccccc2C1=O. The van der Waals surface area contributed by atoms with Gasteiger partial charge in [-0.25, -0.2) is 9.59 Å². The minimum atomic E-state index is -2.71. The van der Waals surface area contributed by atoms with E-state index in [1.807, 2.05) is 0 Å². The summed E-state index contributed by atoms with van der Waals surface area (Å²) in [4.78, 5) is 25.4. The van der Waals surface area contributed by atoms with Gasteiger partial charge in [0.15, 0.2) is 11.9 Å². The molecule has 3 nitrogen and oxygen atoms in total. The van der Waals surface area contributed by atoms with Crippen molar-refractivity contribution in [2.75, 3.05) is 6.54 Å². The predicted molar refractivity (Wildman–Crippen MR) is 87.5 cm³/mol. The van der Waals surface area contributed by atoms with E-state index in [9.17, 15) is 14.0 Å². The first-order valence-electron chi connectivity index (χ1n) is 7.16. The molecular weight excluding hydrogens is 348 g/mol. The zero-order valence-corrected chi connectivity index (χ0v) is 14.5. The number of hydrogen-bond donors (Lipinski definition) is 0. The summed E-state index contributed by atoms with van der Waals surface area (Å²) < 4.78 is 10.4. The fourth-order valence-electron chi connectivity index (χ4n) is 2.61. The maximum Gasteiger partial charge on any atom is 0.366 e. The lowest BCUT2D eigenvalue weighted by molar-refractivity contribution is -0.615. The van der Waals surface area contributed by atoms with Crippen LogP contribution < -0.4 is 0 Å². The Morgan fingerprint density at radius 3 is 2.09 bits per heavy atom. The Kier molecular flexibility index (Phi) is 5.54. The molecule has 0 saturated heterocycles. The normalized spacial score (nSPS) is 16.9. The number of rotatable bonds is 7. The van der Waals surface area contributed by atoms with Crippen LogP contribution in [0.1, 0.15) is 53.3 Å². The fraction of sp³-hybridized carbons (Fsp3) is 0.467. The minimum absolute atomic E-state index is 0.183. The molecule has 1 aliphatic rings. The summed E-state index contributed by atoms with van der Waals surface area (Å²) in [6.07, 6.45) is 3.49. The second kappa shape index (κ2) is 6.87. The summed E-state index contributed by atoms with van der Waals surface area (Å²) in [7, 11) is 0. The first kappa shape index (κ1) is 17.7. The average Bonchev–Trinajstić information content (AvgIpc) is 2.66. The van der Waals surface area contributed by atoms with Crippen LogP contribution in [0.25, 0.3) is 0 Å². The van der Waals surface area contributed by atoms with E-state index < -0.39 is 19.6 Å². The number of amides is 2. The van der Waals surface area contributed by atoms with Crippen LogP contribution in [0.4, 0.5) is 4.39 Å². The van der Waals surface area contributed by atoms with Gasteiger partial charge in [-0.3, -0.25) is 0 Å². The highest BCUT2D eigenvalue weighted by atomic mass is 35.5. The van der Waals surface area contributed by atoms with Gasteiger partial charge in [0.05, 0.1) is 11.1 Å². The quantitative estimate of drug-likeness (QED) is 0.222. The topological polar surface area (TPSA) is 34.1 Å². The first-order chi connectivity index (χ1) is 10.3. The molecule has 0 saturated carbocycles. The highest BCUT2D eigenvalue weighted by Crippen LogP contribution is 2.48. The molecule has 120 valence electrons. The van der Waals surface area contributed by atoms with Crippen LogP contribution in [0, 0.1) is 0 Å². The van der Waals surface area contributed by atoms with Crippen molar-refractivity contribution in [2.24, 2.45) is 0 Å². The molecule has 7 heteroatoms. The summed E-state index contributed by atoms with van der Waals surface area (Å²) in [6, 6.07) is 6.50. The smallest absolute Gasteiger partial charge is 0.224 e. The zero-order chi connectivity index (χ0) is 16.4. The largest absolute Gasteiger partial charge is 0.366 e. The third-order valence-electron chi connectivity index (χ3n) is 3.63. The predicted octanol–water partition coefficient (Wildman–Crippen LogP) is 5.08. The molecule has 22 heavy (non-hydrogen) atoms. The second-order valence-corrected chi connectivity index (χ2v) is 8.27. The van der Waals surface area contributed by atoms with Gasteiger partial charge in [0.25, 0.3) is 0 Å². The Labute approximate surface area is 143 Å². The lowest BCUT2D eigenvalue weighted by atomic mass is 10.1. The molecule has 1 aliphatic heterocycles. The molecule has 0 atom stereocenters. The number of unbranched alkanes of at least 4 members (excludes halogenated alkanes) is 3. The maximum absolute atomic E-state index is 13.8. The van der Waals surface area contributed by atoms with E-state index in [0.29, 0.717) is 29.5 Å². The van der Waals surface area contributed by atoms with E-state index in [0.717, 1.165) is 19.3 Å². The zero-order valence-electron chi connectivity index (χ0n) is 12.2. The third kappa shape index (κ3) is 3.48. The van der Waals surface area contributed by atoms with E-state index in [1.54, 1.807) is 24.3 Å². The van der Waals surface area contributed by atoms with Gasteiger partial charge in [-0.15, -0.1) is 3.89 Å². The molecule has 1 aromatic carbocycles. The van der Waals surface area contributed by atoms with E-state index in [2.05, 4.69) is 6.92 Å². The van der Waals surface area contributed by atoms with E-state index in [-0.39, 0.29) is 6.54 Å². The molecule has 0 N–H and O–H groups in total. The number of halogens is 3. The average molecular weight is 365 g/mol. The second-order valence-electron chi connectivity index (χ2n) is 5.22. The van der Waals surface area contributed by atoms with Gasteiger partial charge in [-0.05, 0) is 48.2 Å². The Balaban J connectivity index is 2.34. The number of carbonyl (C=O) groups excluding carboxylic acids is 2. The van der Waals surface area contributed by atoms with Crippen LogP contribution in [0.15, 0.2) is 24.3 Å². The van der Waals surface area contributed by atoms with Crippen molar-refractivity contribution in [3.05, 3.63) is 35.4 Å². The van der Waals surface area contributed by atoms with Crippen molar-refractivity contribution < 1.29 is 17.9 Å². The number of benzene rings is 1. The van der Waals surface area contributed by atoms with Crippen LogP contribution in [-0.4, -0.2) is 26.2 Å². The Bertz CT molecular complexity index is 554. The van der Waals surface area contributed by atoms with Crippen LogP contribution >= 0.6 is 35.1 Å². The maximum atomic E-state index is 13.8. The minimum Gasteiger partial charge on any atom is -0.224 e. The van der Waals surface area contributed by atoms with Gasteiger partial charge >= 0.3 is 15.7 Å². The van der Waals surface area contributed by atoms with Crippen molar-refractivity contribution >= 4 is 47.0 Å². The third-order valence-corrected chi connectivity index (χ3v) is 5.08. The lowest BCUT2D eigenvalue weighted by Gasteiger charge is -2.27. The van der Waals surface area contributed by atoms with Crippen LogP contribution in [0.3, 0.4) is 0 Å². The van der Waals surface area contributed by atoms with E-state index >= 15 is 0 Å². The van der Waals surface area contributed by atoms with Crippen LogP contribution in [0.2, 0.25) is 0 Å². The highest BCUT2D eigenvalue weighted by molar-refractivity contribution is 7.98. The van der Waals surface area contributed by atoms with Crippen molar-refractivity contribution in [1.29, 1.82) is 0 Å². The van der Waals surface area contributed by atoms with Crippen molar-refractivity contribution in [2.45, 2.75) is 36.5 Å². The van der Waals surface area contributed by atoms with Crippen LogP contribution in [-0.2, 0) is 0 Å². The number of nitrogens with zero attached hydrogens (tertiary/aromatic N) is 1. The standard InChI is InChI=1S/C15H17Cl2FNO2S/c1-2-3-4-7-10-19(22-15(16,17)18)13(20)11-8-5-6-9-12(11)14(19)21/h5-6,8-9H,2-4,7,10H2,1H3/q+1. The van der Waals surface area contributed by atoms with E-state index in [1.165, 1.54) is 0 Å². The molecule has 0 aliphatic carbocycles. The summed E-state index contributed by atoms with van der Waals surface area (Å²) in [5.74, 6) is -0.907. The molecule has 1 aromatic rings. The van der Waals surface area contributed by atoms with Crippen molar-refractivity contribution in [3.8, 4) is 0 Å². The molecule has 1 heterocycles. The molecule has 0 spiro atoms. The van der Waals surface area contributed by atoms with E-state index in [4.69, 9.17) is 23.2 Å². The monoisotopic (exact) mass is 364 g/mol. The number of fused-ring (bicyclic) bond motifs is 1. The van der Waals surface area contributed by atoms with Crippen LogP contribution in [0.5, 0.6) is 0 Å². The van der Waals surface area contributed by atoms with Gasteiger partial charge in [-0.2, -0.15) is 4.39 Å². The van der Waals surface area contributed by atoms with Gasteiger partial charge in [0, 0.05) is 0 Å². The molecule has 0 radical (unpaired) electrons. The number of carbonyl (C=O) groups is 2. The number of hydrogen-bond acceptors (Lipinski definition) is 3. The van der Waals surface area contributed by atoms with Crippen molar-refractivity contribution in [3.63, 3.8) is 0 Å². The first-order valence-corrected chi connectivity index (χ1v) is 8.69.